The minimum Gasteiger partial charge on any atom is -0.462 e. The predicted molar refractivity (Wildman–Crippen MR) is 136 cm³/mol. The summed E-state index contributed by atoms with van der Waals surface area (Å²) in [6.07, 6.45) is 0. The SMILES string of the molecule is CCOC(=O)c1c(NC(=O)CSc2nnc(-c3csc4ccccc34)n2CC)sc(C)c1C. The van der Waals surface area contributed by atoms with E-state index in [4.69, 9.17) is 4.74 Å². The number of nitrogens with one attached hydrogen (secondary N) is 1. The molecule has 10 heteroatoms. The number of thiophene rings is 2. The van der Waals surface area contributed by atoms with Gasteiger partial charge in [-0.1, -0.05) is 30.0 Å². The van der Waals surface area contributed by atoms with E-state index in [2.05, 4.69) is 33.0 Å². The molecule has 0 unspecified atom stereocenters. The van der Waals surface area contributed by atoms with E-state index in [0.717, 1.165) is 27.2 Å². The van der Waals surface area contributed by atoms with Crippen LogP contribution in [0.4, 0.5) is 5.00 Å². The summed E-state index contributed by atoms with van der Waals surface area (Å²) < 4.78 is 8.39. The number of anilines is 1. The van der Waals surface area contributed by atoms with Crippen LogP contribution in [0.5, 0.6) is 0 Å². The number of thioether (sulfide) groups is 1. The molecule has 0 aliphatic rings. The normalized spacial score (nSPS) is 11.2. The molecular weight excluding hydrogens is 476 g/mol. The third-order valence-electron chi connectivity index (χ3n) is 5.21. The molecule has 1 amide bonds. The summed E-state index contributed by atoms with van der Waals surface area (Å²) in [5.74, 6) is 0.327. The third-order valence-corrected chi connectivity index (χ3v) is 8.26. The molecule has 1 aromatic carbocycles. The number of carbonyl (C=O) groups is 2. The molecule has 0 saturated heterocycles. The lowest BCUT2D eigenvalue weighted by Gasteiger charge is -2.08. The number of fused-ring (bicyclic) bond motifs is 1. The maximum absolute atomic E-state index is 12.7. The molecule has 0 aliphatic heterocycles. The minimum atomic E-state index is -0.416. The molecule has 0 bridgehead atoms. The average molecular weight is 501 g/mol. The van der Waals surface area contributed by atoms with Crippen molar-refractivity contribution < 1.29 is 14.3 Å². The second-order valence-electron chi connectivity index (χ2n) is 7.24. The number of amides is 1. The van der Waals surface area contributed by atoms with Crippen LogP contribution >= 0.6 is 34.4 Å². The lowest BCUT2D eigenvalue weighted by atomic mass is 10.1. The summed E-state index contributed by atoms with van der Waals surface area (Å²) >= 11 is 4.39. The number of aromatic nitrogens is 3. The van der Waals surface area contributed by atoms with Crippen molar-refractivity contribution in [3.05, 3.63) is 45.6 Å². The van der Waals surface area contributed by atoms with Crippen molar-refractivity contribution in [1.82, 2.24) is 14.8 Å². The topological polar surface area (TPSA) is 86.1 Å². The molecule has 0 fully saturated rings. The molecule has 4 aromatic rings. The molecule has 0 spiro atoms. The molecule has 7 nitrogen and oxygen atoms in total. The van der Waals surface area contributed by atoms with Crippen LogP contribution in [0.1, 0.15) is 34.6 Å². The van der Waals surface area contributed by atoms with E-state index in [0.29, 0.717) is 22.3 Å². The van der Waals surface area contributed by atoms with Crippen molar-refractivity contribution in [2.24, 2.45) is 0 Å². The Kier molecular flexibility index (Phi) is 7.16. The number of carbonyl (C=O) groups excluding carboxylic acids is 2. The highest BCUT2D eigenvalue weighted by Gasteiger charge is 2.23. The number of benzene rings is 1. The first-order valence-corrected chi connectivity index (χ1v) is 13.2. The average Bonchev–Trinajstić information content (AvgIpc) is 3.47. The van der Waals surface area contributed by atoms with E-state index in [9.17, 15) is 9.59 Å². The van der Waals surface area contributed by atoms with E-state index in [1.54, 1.807) is 18.3 Å². The number of nitrogens with zero attached hydrogens (tertiary/aromatic N) is 3. The van der Waals surface area contributed by atoms with Crippen molar-refractivity contribution in [2.75, 3.05) is 17.7 Å². The molecule has 0 atom stereocenters. The first-order chi connectivity index (χ1) is 15.9. The van der Waals surface area contributed by atoms with Crippen LogP contribution in [0, 0.1) is 13.8 Å². The van der Waals surface area contributed by atoms with Gasteiger partial charge in [0, 0.05) is 32.5 Å². The maximum Gasteiger partial charge on any atom is 0.341 e. The zero-order chi connectivity index (χ0) is 23.5. The second kappa shape index (κ2) is 10.1. The summed E-state index contributed by atoms with van der Waals surface area (Å²) in [6.45, 7) is 8.55. The fourth-order valence-corrected chi connectivity index (χ4v) is 6.29. The Balaban J connectivity index is 1.50. The Bertz CT molecular complexity index is 1320. The highest BCUT2D eigenvalue weighted by molar-refractivity contribution is 7.99. The quantitative estimate of drug-likeness (QED) is 0.244. The maximum atomic E-state index is 12.7. The number of hydrogen-bond donors (Lipinski definition) is 1. The van der Waals surface area contributed by atoms with E-state index in [-0.39, 0.29) is 18.3 Å². The van der Waals surface area contributed by atoms with Gasteiger partial charge in [0.25, 0.3) is 0 Å². The highest BCUT2D eigenvalue weighted by Crippen LogP contribution is 2.35. The van der Waals surface area contributed by atoms with Crippen molar-refractivity contribution >= 4 is 61.4 Å². The third kappa shape index (κ3) is 4.68. The molecular formula is C23H24N4O3S3. The van der Waals surface area contributed by atoms with Crippen molar-refractivity contribution in [3.8, 4) is 11.4 Å². The van der Waals surface area contributed by atoms with Gasteiger partial charge in [0.2, 0.25) is 5.91 Å². The van der Waals surface area contributed by atoms with Gasteiger partial charge >= 0.3 is 5.97 Å². The minimum absolute atomic E-state index is 0.154. The Morgan fingerprint density at radius 1 is 1.18 bits per heavy atom. The van der Waals surface area contributed by atoms with Crippen LogP contribution < -0.4 is 5.32 Å². The number of hydrogen-bond acceptors (Lipinski definition) is 8. The van der Waals surface area contributed by atoms with Gasteiger partial charge in [-0.3, -0.25) is 4.79 Å². The Morgan fingerprint density at radius 2 is 1.97 bits per heavy atom. The lowest BCUT2D eigenvalue weighted by molar-refractivity contribution is -0.113. The zero-order valence-electron chi connectivity index (χ0n) is 18.8. The van der Waals surface area contributed by atoms with Crippen molar-refractivity contribution in [3.63, 3.8) is 0 Å². The van der Waals surface area contributed by atoms with Gasteiger partial charge in [-0.25, -0.2) is 4.79 Å². The molecule has 3 aromatic heterocycles. The van der Waals surface area contributed by atoms with Crippen molar-refractivity contribution in [2.45, 2.75) is 39.4 Å². The molecule has 0 radical (unpaired) electrons. The molecule has 4 rings (SSSR count). The van der Waals surface area contributed by atoms with Gasteiger partial charge in [0.05, 0.1) is 17.9 Å². The van der Waals surface area contributed by atoms with Crippen LogP contribution in [-0.2, 0) is 16.1 Å². The van der Waals surface area contributed by atoms with Crippen LogP contribution in [0.15, 0.2) is 34.8 Å². The smallest absolute Gasteiger partial charge is 0.341 e. The molecule has 3 heterocycles. The summed E-state index contributed by atoms with van der Waals surface area (Å²) in [5, 5.41) is 16.1. The number of rotatable bonds is 8. The first-order valence-electron chi connectivity index (χ1n) is 10.5. The van der Waals surface area contributed by atoms with Gasteiger partial charge in [0.1, 0.15) is 5.00 Å². The summed E-state index contributed by atoms with van der Waals surface area (Å²) in [7, 11) is 0. The first kappa shape index (κ1) is 23.5. The molecule has 1 N–H and O–H groups in total. The lowest BCUT2D eigenvalue weighted by Crippen LogP contribution is -2.17. The van der Waals surface area contributed by atoms with Crippen molar-refractivity contribution in [1.29, 1.82) is 0 Å². The number of ether oxygens (including phenoxy) is 1. The Morgan fingerprint density at radius 3 is 2.73 bits per heavy atom. The second-order valence-corrected chi connectivity index (χ2v) is 10.3. The van der Waals surface area contributed by atoms with Gasteiger partial charge in [-0.2, -0.15) is 0 Å². The molecule has 172 valence electrons. The van der Waals surface area contributed by atoms with Crippen LogP contribution in [0.3, 0.4) is 0 Å². The zero-order valence-corrected chi connectivity index (χ0v) is 21.2. The van der Waals surface area contributed by atoms with Gasteiger partial charge < -0.3 is 14.6 Å². The Labute approximate surface area is 204 Å². The van der Waals surface area contributed by atoms with Crippen LogP contribution in [0.25, 0.3) is 21.5 Å². The fraction of sp³-hybridized carbons (Fsp3) is 0.304. The highest BCUT2D eigenvalue weighted by atomic mass is 32.2. The standard InChI is InChI=1S/C23H24N4O3S3/c1-5-27-20(16-11-31-17-10-8-7-9-15(16)17)25-26-23(27)32-12-18(28)24-21-19(22(29)30-6-2)13(3)14(4)33-21/h7-11H,5-6,12H2,1-4H3,(H,24,28). The summed E-state index contributed by atoms with van der Waals surface area (Å²) in [6, 6.07) is 8.22. The van der Waals surface area contributed by atoms with Gasteiger partial charge in [-0.15, -0.1) is 32.9 Å². The Hall–Kier alpha value is -2.69. The fourth-order valence-electron chi connectivity index (χ4n) is 3.49. The van der Waals surface area contributed by atoms with Gasteiger partial charge in [0.15, 0.2) is 11.0 Å². The largest absolute Gasteiger partial charge is 0.462 e. The van der Waals surface area contributed by atoms with E-state index in [1.807, 2.05) is 37.5 Å². The number of aryl methyl sites for hydroxylation is 1. The summed E-state index contributed by atoms with van der Waals surface area (Å²) in [5.41, 5.74) is 2.31. The molecule has 0 saturated carbocycles. The van der Waals surface area contributed by atoms with E-state index < -0.39 is 5.97 Å². The summed E-state index contributed by atoms with van der Waals surface area (Å²) in [4.78, 5) is 26.0. The van der Waals surface area contributed by atoms with E-state index in [1.165, 1.54) is 27.8 Å². The monoisotopic (exact) mass is 500 g/mol. The number of esters is 1. The van der Waals surface area contributed by atoms with Crippen LogP contribution in [-0.4, -0.2) is 39.0 Å². The van der Waals surface area contributed by atoms with E-state index >= 15 is 0 Å². The predicted octanol–water partition coefficient (Wildman–Crippen LogP) is 5.77. The molecule has 33 heavy (non-hydrogen) atoms. The molecule has 0 aliphatic carbocycles. The van der Waals surface area contributed by atoms with Gasteiger partial charge in [-0.05, 0) is 39.3 Å². The van der Waals surface area contributed by atoms with Crippen LogP contribution in [0.2, 0.25) is 0 Å².